The van der Waals surface area contributed by atoms with Crippen LogP contribution in [0.15, 0.2) is 89.3 Å². The Balaban J connectivity index is 1.72. The second kappa shape index (κ2) is 7.93. The van der Waals surface area contributed by atoms with E-state index >= 15 is 0 Å². The van der Waals surface area contributed by atoms with Crippen LogP contribution in [0.2, 0.25) is 0 Å². The van der Waals surface area contributed by atoms with Crippen molar-refractivity contribution in [2.75, 3.05) is 4.72 Å². The Hall–Kier alpha value is -3.42. The van der Waals surface area contributed by atoms with E-state index < -0.39 is 10.0 Å². The zero-order valence-corrected chi connectivity index (χ0v) is 19.2. The van der Waals surface area contributed by atoms with Crippen molar-refractivity contribution in [1.82, 2.24) is 9.55 Å². The summed E-state index contributed by atoms with van der Waals surface area (Å²) in [6.07, 6.45) is 1.77. The lowest BCUT2D eigenvalue weighted by molar-refractivity contribution is 0.600. The lowest BCUT2D eigenvalue weighted by atomic mass is 10.0. The van der Waals surface area contributed by atoms with Gasteiger partial charge in [-0.3, -0.25) is 9.71 Å². The molecule has 0 saturated heterocycles. The Morgan fingerprint density at radius 2 is 1.69 bits per heavy atom. The molecule has 0 aliphatic heterocycles. The maximum Gasteiger partial charge on any atom is 0.263 e. The molecule has 5 aromatic rings. The first-order valence-electron chi connectivity index (χ1n) is 10.1. The van der Waals surface area contributed by atoms with E-state index in [0.717, 1.165) is 38.2 Å². The first-order valence-corrected chi connectivity index (χ1v) is 12.5. The first kappa shape index (κ1) is 20.5. The second-order valence-electron chi connectivity index (χ2n) is 7.60. The molecular weight excluding hydrogens is 438 g/mol. The van der Waals surface area contributed by atoms with E-state index in [1.165, 1.54) is 0 Å². The number of nitrogens with zero attached hydrogens (tertiary/aromatic N) is 2. The second-order valence-corrected chi connectivity index (χ2v) is 10.2. The molecule has 0 bridgehead atoms. The number of thiophene rings is 1. The van der Waals surface area contributed by atoms with Gasteiger partial charge in [-0.2, -0.15) is 0 Å². The van der Waals surface area contributed by atoms with Gasteiger partial charge in [0.05, 0.1) is 21.0 Å². The molecule has 0 unspecified atom stereocenters. The van der Waals surface area contributed by atoms with Crippen LogP contribution >= 0.6 is 11.3 Å². The molecular formula is C25H21N3O2S2. The number of sulfonamides is 1. The van der Waals surface area contributed by atoms with E-state index in [2.05, 4.69) is 9.71 Å². The van der Waals surface area contributed by atoms with Crippen molar-refractivity contribution in [2.24, 2.45) is 7.05 Å². The summed E-state index contributed by atoms with van der Waals surface area (Å²) in [5, 5.41) is 2.99. The number of rotatable bonds is 5. The third kappa shape index (κ3) is 3.49. The van der Waals surface area contributed by atoms with E-state index in [0.29, 0.717) is 5.82 Å². The van der Waals surface area contributed by atoms with Gasteiger partial charge in [0.1, 0.15) is 5.82 Å². The van der Waals surface area contributed by atoms with Gasteiger partial charge in [0.15, 0.2) is 0 Å². The molecule has 5 nitrogen and oxygen atoms in total. The fourth-order valence-corrected chi connectivity index (χ4v) is 5.88. The SMILES string of the molecule is Cc1ccc(S(=O)(=O)Nc2c(-c3ccsc3-c3ccccn3)c3ccccc3n2C)cc1. The molecule has 2 aromatic carbocycles. The summed E-state index contributed by atoms with van der Waals surface area (Å²) in [5.41, 5.74) is 4.61. The van der Waals surface area contributed by atoms with Gasteiger partial charge in [-0.15, -0.1) is 11.3 Å². The Labute approximate surface area is 191 Å². The van der Waals surface area contributed by atoms with Crippen LogP contribution in [0.5, 0.6) is 0 Å². The predicted molar refractivity (Wildman–Crippen MR) is 131 cm³/mol. The minimum absolute atomic E-state index is 0.231. The van der Waals surface area contributed by atoms with Gasteiger partial charge in [-0.25, -0.2) is 8.42 Å². The quantitative estimate of drug-likeness (QED) is 0.346. The molecule has 3 aromatic heterocycles. The third-order valence-electron chi connectivity index (χ3n) is 5.50. The van der Waals surface area contributed by atoms with Gasteiger partial charge in [-0.1, -0.05) is 42.0 Å². The average molecular weight is 460 g/mol. The molecule has 0 aliphatic carbocycles. The maximum absolute atomic E-state index is 13.3. The molecule has 0 atom stereocenters. The fraction of sp³-hybridized carbons (Fsp3) is 0.0800. The topological polar surface area (TPSA) is 64.0 Å². The summed E-state index contributed by atoms with van der Waals surface area (Å²) in [6, 6.07) is 22.6. The van der Waals surface area contributed by atoms with Gasteiger partial charge in [0.2, 0.25) is 0 Å². The minimum atomic E-state index is -3.77. The highest BCUT2D eigenvalue weighted by molar-refractivity contribution is 7.92. The van der Waals surface area contributed by atoms with E-state index in [1.54, 1.807) is 41.8 Å². The summed E-state index contributed by atoms with van der Waals surface area (Å²) in [4.78, 5) is 5.75. The number of para-hydroxylation sites is 1. The molecule has 3 heterocycles. The normalized spacial score (nSPS) is 11.7. The molecule has 32 heavy (non-hydrogen) atoms. The molecule has 1 N–H and O–H groups in total. The number of hydrogen-bond acceptors (Lipinski definition) is 4. The predicted octanol–water partition coefficient (Wildman–Crippen LogP) is 6.08. The first-order chi connectivity index (χ1) is 15.5. The molecule has 0 aliphatic rings. The number of hydrogen-bond donors (Lipinski definition) is 1. The van der Waals surface area contributed by atoms with Gasteiger partial charge >= 0.3 is 0 Å². The lowest BCUT2D eigenvalue weighted by Crippen LogP contribution is -2.15. The highest BCUT2D eigenvalue weighted by Crippen LogP contribution is 2.44. The Morgan fingerprint density at radius 3 is 2.44 bits per heavy atom. The van der Waals surface area contributed by atoms with Crippen LogP contribution in [0.3, 0.4) is 0 Å². The van der Waals surface area contributed by atoms with Crippen LogP contribution in [0.4, 0.5) is 5.82 Å². The molecule has 160 valence electrons. The van der Waals surface area contributed by atoms with Crippen LogP contribution in [-0.2, 0) is 17.1 Å². The molecule has 0 saturated carbocycles. The van der Waals surface area contributed by atoms with Crippen LogP contribution < -0.4 is 4.72 Å². The summed E-state index contributed by atoms with van der Waals surface area (Å²) >= 11 is 1.59. The Morgan fingerprint density at radius 1 is 0.938 bits per heavy atom. The molecule has 5 rings (SSSR count). The number of nitrogens with one attached hydrogen (secondary N) is 1. The molecule has 0 fully saturated rings. The van der Waals surface area contributed by atoms with Crippen LogP contribution in [-0.4, -0.2) is 18.0 Å². The number of pyridine rings is 1. The standard InChI is InChI=1S/C25H21N3O2S2/c1-17-10-12-18(13-11-17)32(29,30)27-25-23(19-7-3-4-9-22(19)28(25)2)20-14-16-31-24(20)21-8-5-6-15-26-21/h3-16,27H,1-2H3. The number of aryl methyl sites for hydroxylation is 2. The van der Waals surface area contributed by atoms with Crippen LogP contribution in [0.1, 0.15) is 5.56 Å². The summed E-state index contributed by atoms with van der Waals surface area (Å²) in [7, 11) is -1.89. The summed E-state index contributed by atoms with van der Waals surface area (Å²) in [5.74, 6) is 0.530. The van der Waals surface area contributed by atoms with Crippen molar-refractivity contribution in [1.29, 1.82) is 0 Å². The minimum Gasteiger partial charge on any atom is -0.329 e. The Kier molecular flexibility index (Phi) is 5.07. The molecule has 0 spiro atoms. The summed E-state index contributed by atoms with van der Waals surface area (Å²) in [6.45, 7) is 1.93. The van der Waals surface area contributed by atoms with Gasteiger partial charge < -0.3 is 4.57 Å². The average Bonchev–Trinajstić information content (AvgIpc) is 3.38. The fourth-order valence-electron chi connectivity index (χ4n) is 3.89. The van der Waals surface area contributed by atoms with Crippen LogP contribution in [0.25, 0.3) is 32.6 Å². The highest BCUT2D eigenvalue weighted by Gasteiger charge is 2.24. The number of aromatic nitrogens is 2. The van der Waals surface area contributed by atoms with E-state index in [-0.39, 0.29) is 4.90 Å². The largest absolute Gasteiger partial charge is 0.329 e. The van der Waals surface area contributed by atoms with Crippen molar-refractivity contribution in [3.8, 4) is 21.7 Å². The van der Waals surface area contributed by atoms with E-state index in [4.69, 9.17) is 0 Å². The monoisotopic (exact) mass is 459 g/mol. The van der Waals surface area contributed by atoms with Crippen LogP contribution in [0, 0.1) is 6.92 Å². The van der Waals surface area contributed by atoms with E-state index in [1.807, 2.05) is 72.4 Å². The number of anilines is 1. The third-order valence-corrected chi connectivity index (χ3v) is 7.79. The van der Waals surface area contributed by atoms with Crippen molar-refractivity contribution in [3.05, 3.63) is 89.9 Å². The molecule has 0 radical (unpaired) electrons. The zero-order valence-electron chi connectivity index (χ0n) is 17.6. The number of fused-ring (bicyclic) bond motifs is 1. The zero-order chi connectivity index (χ0) is 22.3. The van der Waals surface area contributed by atoms with Crippen molar-refractivity contribution < 1.29 is 8.42 Å². The Bertz CT molecular complexity index is 1520. The summed E-state index contributed by atoms with van der Waals surface area (Å²) < 4.78 is 31.3. The molecule has 7 heteroatoms. The van der Waals surface area contributed by atoms with Crippen molar-refractivity contribution >= 4 is 38.1 Å². The van der Waals surface area contributed by atoms with E-state index in [9.17, 15) is 8.42 Å². The number of benzene rings is 2. The lowest BCUT2D eigenvalue weighted by Gasteiger charge is -2.13. The van der Waals surface area contributed by atoms with Gasteiger partial charge in [0, 0.05) is 29.8 Å². The van der Waals surface area contributed by atoms with Gasteiger partial charge in [-0.05, 0) is 48.7 Å². The van der Waals surface area contributed by atoms with Crippen molar-refractivity contribution in [3.63, 3.8) is 0 Å². The molecule has 0 amide bonds. The highest BCUT2D eigenvalue weighted by atomic mass is 32.2. The van der Waals surface area contributed by atoms with Crippen molar-refractivity contribution in [2.45, 2.75) is 11.8 Å². The maximum atomic E-state index is 13.3. The van der Waals surface area contributed by atoms with Gasteiger partial charge in [0.25, 0.3) is 10.0 Å². The smallest absolute Gasteiger partial charge is 0.263 e.